The largest absolute Gasteiger partial charge is 0.387 e. The van der Waals surface area contributed by atoms with Crippen LogP contribution in [0.3, 0.4) is 0 Å². The number of nitrogens with zero attached hydrogens (tertiary/aromatic N) is 3. The van der Waals surface area contributed by atoms with Crippen molar-refractivity contribution in [1.29, 1.82) is 0 Å². The van der Waals surface area contributed by atoms with E-state index in [0.29, 0.717) is 13.1 Å². The Labute approximate surface area is 133 Å². The number of likely N-dealkylation sites (tertiary alicyclic amines) is 1. The predicted octanol–water partition coefficient (Wildman–Crippen LogP) is 1.98. The molecule has 1 amide bonds. The molecule has 0 aliphatic carbocycles. The third-order valence-electron chi connectivity index (χ3n) is 4.14. The molecule has 6 heteroatoms. The van der Waals surface area contributed by atoms with Crippen molar-refractivity contribution in [2.24, 2.45) is 0 Å². The molecule has 1 aromatic carbocycles. The van der Waals surface area contributed by atoms with Crippen molar-refractivity contribution in [2.45, 2.75) is 18.8 Å². The van der Waals surface area contributed by atoms with Gasteiger partial charge >= 0.3 is 0 Å². The maximum atomic E-state index is 13.1. The number of carbonyl (C=O) groups is 1. The molecule has 0 unspecified atom stereocenters. The van der Waals surface area contributed by atoms with E-state index in [9.17, 15) is 9.18 Å². The van der Waals surface area contributed by atoms with Crippen molar-refractivity contribution < 1.29 is 14.3 Å². The van der Waals surface area contributed by atoms with Gasteiger partial charge in [0.15, 0.2) is 0 Å². The normalized spacial score (nSPS) is 18.0. The fourth-order valence-electron chi connectivity index (χ4n) is 3.00. The van der Waals surface area contributed by atoms with Crippen molar-refractivity contribution in [3.8, 4) is 11.3 Å². The summed E-state index contributed by atoms with van der Waals surface area (Å²) < 4.78 is 13.1. The van der Waals surface area contributed by atoms with Crippen LogP contribution in [0.5, 0.6) is 0 Å². The topological polar surface area (TPSA) is 66.3 Å². The van der Waals surface area contributed by atoms with Crippen LogP contribution in [-0.2, 0) is 4.79 Å². The number of aliphatic hydroxyl groups is 1. The van der Waals surface area contributed by atoms with E-state index < -0.39 is 6.61 Å². The van der Waals surface area contributed by atoms with Crippen LogP contribution < -0.4 is 0 Å². The SMILES string of the molecule is O=C(CO)N1CCC[C@@H](c2nccnc2-c2ccc(F)cc2)C1. The van der Waals surface area contributed by atoms with E-state index in [1.54, 1.807) is 29.4 Å². The number of hydrogen-bond donors (Lipinski definition) is 1. The molecule has 2 aromatic rings. The minimum absolute atomic E-state index is 0.0630. The minimum atomic E-state index is -0.474. The van der Waals surface area contributed by atoms with E-state index in [1.165, 1.54) is 12.1 Å². The van der Waals surface area contributed by atoms with Crippen LogP contribution >= 0.6 is 0 Å². The summed E-state index contributed by atoms with van der Waals surface area (Å²) >= 11 is 0. The van der Waals surface area contributed by atoms with Crippen LogP contribution in [0, 0.1) is 5.82 Å². The molecule has 0 radical (unpaired) electrons. The second-order valence-corrected chi connectivity index (χ2v) is 5.63. The first-order valence-electron chi connectivity index (χ1n) is 7.64. The molecule has 1 N–H and O–H groups in total. The van der Waals surface area contributed by atoms with Crippen LogP contribution in [0.25, 0.3) is 11.3 Å². The average molecular weight is 315 g/mol. The van der Waals surface area contributed by atoms with Gasteiger partial charge in [-0.2, -0.15) is 0 Å². The number of carbonyl (C=O) groups excluding carboxylic acids is 1. The minimum Gasteiger partial charge on any atom is -0.387 e. The maximum Gasteiger partial charge on any atom is 0.248 e. The van der Waals surface area contributed by atoms with Crippen molar-refractivity contribution >= 4 is 5.91 Å². The van der Waals surface area contributed by atoms with Crippen LogP contribution in [0.15, 0.2) is 36.7 Å². The summed E-state index contributed by atoms with van der Waals surface area (Å²) in [7, 11) is 0. The summed E-state index contributed by atoms with van der Waals surface area (Å²) in [5.41, 5.74) is 2.34. The molecule has 1 aromatic heterocycles. The third kappa shape index (κ3) is 3.37. The van der Waals surface area contributed by atoms with Crippen LogP contribution in [0.1, 0.15) is 24.5 Å². The molecule has 120 valence electrons. The van der Waals surface area contributed by atoms with Gasteiger partial charge < -0.3 is 10.0 Å². The van der Waals surface area contributed by atoms with Crippen LogP contribution in [0.4, 0.5) is 4.39 Å². The molecule has 23 heavy (non-hydrogen) atoms. The van der Waals surface area contributed by atoms with Gasteiger partial charge in [-0.3, -0.25) is 14.8 Å². The molecular weight excluding hydrogens is 297 g/mol. The summed E-state index contributed by atoms with van der Waals surface area (Å²) in [6.07, 6.45) is 5.01. The second-order valence-electron chi connectivity index (χ2n) is 5.63. The highest BCUT2D eigenvalue weighted by atomic mass is 19.1. The molecular formula is C17H18FN3O2. The number of hydrogen-bond acceptors (Lipinski definition) is 4. The second kappa shape index (κ2) is 6.83. The summed E-state index contributed by atoms with van der Waals surface area (Å²) in [6.45, 7) is 0.701. The first-order chi connectivity index (χ1) is 11.2. The molecule has 2 heterocycles. The summed E-state index contributed by atoms with van der Waals surface area (Å²) in [4.78, 5) is 22.3. The van der Waals surface area contributed by atoms with E-state index >= 15 is 0 Å². The van der Waals surface area contributed by atoms with Gasteiger partial charge in [-0.05, 0) is 37.1 Å². The molecule has 5 nitrogen and oxygen atoms in total. The lowest BCUT2D eigenvalue weighted by molar-refractivity contribution is -0.135. The molecule has 1 aliphatic heterocycles. The average Bonchev–Trinajstić information content (AvgIpc) is 2.62. The van der Waals surface area contributed by atoms with Crippen molar-refractivity contribution in [3.63, 3.8) is 0 Å². The molecule has 1 saturated heterocycles. The summed E-state index contributed by atoms with van der Waals surface area (Å²) in [5, 5.41) is 9.05. The van der Waals surface area contributed by atoms with Gasteiger partial charge in [0.1, 0.15) is 12.4 Å². The quantitative estimate of drug-likeness (QED) is 0.940. The first kappa shape index (κ1) is 15.6. The fourth-order valence-corrected chi connectivity index (χ4v) is 3.00. The van der Waals surface area contributed by atoms with Crippen molar-refractivity contribution in [3.05, 3.63) is 48.2 Å². The highest BCUT2D eigenvalue weighted by Crippen LogP contribution is 2.31. The number of amides is 1. The molecule has 1 fully saturated rings. The number of benzene rings is 1. The van der Waals surface area contributed by atoms with E-state index in [4.69, 9.17) is 5.11 Å². The summed E-state index contributed by atoms with van der Waals surface area (Å²) in [5.74, 6) is -0.494. The number of piperidine rings is 1. The Bertz CT molecular complexity index is 690. The van der Waals surface area contributed by atoms with Crippen LogP contribution in [-0.4, -0.2) is 45.6 Å². The molecule has 1 aliphatic rings. The Kier molecular flexibility index (Phi) is 4.62. The lowest BCUT2D eigenvalue weighted by atomic mass is 9.91. The van der Waals surface area contributed by atoms with Crippen molar-refractivity contribution in [1.82, 2.24) is 14.9 Å². The van der Waals surface area contributed by atoms with E-state index in [2.05, 4.69) is 9.97 Å². The summed E-state index contributed by atoms with van der Waals surface area (Å²) in [6, 6.07) is 6.16. The van der Waals surface area contributed by atoms with Gasteiger partial charge in [-0.15, -0.1) is 0 Å². The van der Waals surface area contributed by atoms with Gasteiger partial charge in [-0.1, -0.05) is 0 Å². The predicted molar refractivity (Wildman–Crippen MR) is 83.1 cm³/mol. The zero-order valence-corrected chi connectivity index (χ0v) is 12.7. The highest BCUT2D eigenvalue weighted by molar-refractivity contribution is 5.77. The smallest absolute Gasteiger partial charge is 0.248 e. The Morgan fingerprint density at radius 2 is 2.00 bits per heavy atom. The lowest BCUT2D eigenvalue weighted by Gasteiger charge is -2.32. The zero-order valence-electron chi connectivity index (χ0n) is 12.7. The van der Waals surface area contributed by atoms with Gasteiger partial charge in [0.25, 0.3) is 0 Å². The van der Waals surface area contributed by atoms with Crippen LogP contribution in [0.2, 0.25) is 0 Å². The molecule has 0 saturated carbocycles. The van der Waals surface area contributed by atoms with E-state index in [0.717, 1.165) is 29.8 Å². The number of aromatic nitrogens is 2. The van der Waals surface area contributed by atoms with E-state index in [1.807, 2.05) is 0 Å². The fraction of sp³-hybridized carbons (Fsp3) is 0.353. The zero-order chi connectivity index (χ0) is 16.2. The third-order valence-corrected chi connectivity index (χ3v) is 4.14. The molecule has 3 rings (SSSR count). The lowest BCUT2D eigenvalue weighted by Crippen LogP contribution is -2.40. The number of halogens is 1. The standard InChI is InChI=1S/C17H18FN3O2/c18-14-5-3-12(4-6-14)16-17(20-8-7-19-16)13-2-1-9-21(10-13)15(23)11-22/h3-8,13,22H,1-2,9-11H2/t13-/m1/s1. The van der Waals surface area contributed by atoms with Gasteiger partial charge in [0.2, 0.25) is 5.91 Å². The Morgan fingerprint density at radius 3 is 2.74 bits per heavy atom. The Morgan fingerprint density at radius 1 is 1.26 bits per heavy atom. The molecule has 0 bridgehead atoms. The number of aliphatic hydroxyl groups excluding tert-OH is 1. The Hall–Kier alpha value is -2.34. The van der Waals surface area contributed by atoms with Crippen molar-refractivity contribution in [2.75, 3.05) is 19.7 Å². The van der Waals surface area contributed by atoms with Gasteiger partial charge in [0, 0.05) is 37.0 Å². The Balaban J connectivity index is 1.91. The molecule has 1 atom stereocenters. The van der Waals surface area contributed by atoms with Gasteiger partial charge in [-0.25, -0.2) is 4.39 Å². The molecule has 0 spiro atoms. The van der Waals surface area contributed by atoms with Gasteiger partial charge in [0.05, 0.1) is 11.4 Å². The number of rotatable bonds is 3. The maximum absolute atomic E-state index is 13.1. The first-order valence-corrected chi connectivity index (χ1v) is 7.64. The monoisotopic (exact) mass is 315 g/mol. The van der Waals surface area contributed by atoms with E-state index in [-0.39, 0.29) is 17.6 Å². The highest BCUT2D eigenvalue weighted by Gasteiger charge is 2.27.